The van der Waals surface area contributed by atoms with Crippen molar-refractivity contribution in [2.24, 2.45) is 0 Å². The Kier molecular flexibility index (Phi) is 7.56. The minimum atomic E-state index is 0.605. The van der Waals surface area contributed by atoms with Crippen LogP contribution in [0.3, 0.4) is 0 Å². The summed E-state index contributed by atoms with van der Waals surface area (Å²) in [5, 5.41) is 3.46. The standard InChI is InChI=1S/C15H25BrN2/c1-4-9-17-10-8-13(2)18(3)12-14-6-5-7-15(16)11-14/h5-7,11,13,17H,4,8-10,12H2,1-3H3. The fourth-order valence-corrected chi connectivity index (χ4v) is 2.36. The van der Waals surface area contributed by atoms with Crippen LogP contribution >= 0.6 is 15.9 Å². The van der Waals surface area contributed by atoms with Gasteiger partial charge in [0.15, 0.2) is 0 Å². The molecule has 1 aromatic rings. The topological polar surface area (TPSA) is 15.3 Å². The summed E-state index contributed by atoms with van der Waals surface area (Å²) < 4.78 is 1.16. The van der Waals surface area contributed by atoms with Crippen molar-refractivity contribution in [2.75, 3.05) is 20.1 Å². The number of rotatable bonds is 8. The van der Waals surface area contributed by atoms with Gasteiger partial charge in [0.1, 0.15) is 0 Å². The number of benzene rings is 1. The van der Waals surface area contributed by atoms with E-state index in [1.54, 1.807) is 0 Å². The lowest BCUT2D eigenvalue weighted by atomic mass is 10.1. The van der Waals surface area contributed by atoms with Crippen molar-refractivity contribution >= 4 is 15.9 Å². The summed E-state index contributed by atoms with van der Waals surface area (Å²) in [5.41, 5.74) is 1.36. The Bertz CT molecular complexity index is 341. The van der Waals surface area contributed by atoms with Crippen LogP contribution in [-0.2, 0) is 6.54 Å². The van der Waals surface area contributed by atoms with Gasteiger partial charge in [-0.3, -0.25) is 4.90 Å². The Morgan fingerprint density at radius 3 is 2.78 bits per heavy atom. The molecule has 0 spiro atoms. The quantitative estimate of drug-likeness (QED) is 0.737. The zero-order valence-corrected chi connectivity index (χ0v) is 13.3. The second-order valence-corrected chi connectivity index (χ2v) is 5.85. The summed E-state index contributed by atoms with van der Waals surface area (Å²) in [6.45, 7) is 7.75. The molecule has 0 heterocycles. The number of nitrogens with one attached hydrogen (secondary N) is 1. The molecular weight excluding hydrogens is 288 g/mol. The molecule has 1 unspecified atom stereocenters. The van der Waals surface area contributed by atoms with E-state index in [-0.39, 0.29) is 0 Å². The lowest BCUT2D eigenvalue weighted by Crippen LogP contribution is -2.32. The first kappa shape index (κ1) is 15.7. The monoisotopic (exact) mass is 312 g/mol. The summed E-state index contributed by atoms with van der Waals surface area (Å²) in [6, 6.07) is 9.15. The molecule has 0 bridgehead atoms. The molecule has 18 heavy (non-hydrogen) atoms. The molecule has 0 radical (unpaired) electrons. The van der Waals surface area contributed by atoms with E-state index in [0.717, 1.165) is 24.1 Å². The molecule has 3 heteroatoms. The Morgan fingerprint density at radius 1 is 1.33 bits per heavy atom. The third kappa shape index (κ3) is 5.98. The number of nitrogens with zero attached hydrogens (tertiary/aromatic N) is 1. The van der Waals surface area contributed by atoms with Gasteiger partial charge in [-0.1, -0.05) is 35.0 Å². The van der Waals surface area contributed by atoms with Gasteiger partial charge in [-0.25, -0.2) is 0 Å². The van der Waals surface area contributed by atoms with Gasteiger partial charge in [-0.15, -0.1) is 0 Å². The van der Waals surface area contributed by atoms with Crippen molar-refractivity contribution < 1.29 is 0 Å². The highest BCUT2D eigenvalue weighted by atomic mass is 79.9. The molecule has 0 fully saturated rings. The van der Waals surface area contributed by atoms with Crippen LogP contribution in [0.4, 0.5) is 0 Å². The summed E-state index contributed by atoms with van der Waals surface area (Å²) in [5.74, 6) is 0. The zero-order valence-electron chi connectivity index (χ0n) is 11.7. The van der Waals surface area contributed by atoms with E-state index >= 15 is 0 Å². The average molecular weight is 313 g/mol. The second-order valence-electron chi connectivity index (χ2n) is 4.93. The fraction of sp³-hybridized carbons (Fsp3) is 0.600. The van der Waals surface area contributed by atoms with Crippen LogP contribution < -0.4 is 5.32 Å². The highest BCUT2D eigenvalue weighted by Gasteiger charge is 2.09. The average Bonchev–Trinajstić information content (AvgIpc) is 2.34. The maximum atomic E-state index is 3.52. The van der Waals surface area contributed by atoms with E-state index in [2.05, 4.69) is 71.3 Å². The number of hydrogen-bond acceptors (Lipinski definition) is 2. The van der Waals surface area contributed by atoms with Gasteiger partial charge in [0.2, 0.25) is 0 Å². The predicted molar refractivity (Wildman–Crippen MR) is 82.8 cm³/mol. The van der Waals surface area contributed by atoms with E-state index in [1.807, 2.05) is 0 Å². The largest absolute Gasteiger partial charge is 0.317 e. The lowest BCUT2D eigenvalue weighted by molar-refractivity contribution is 0.236. The van der Waals surface area contributed by atoms with Crippen molar-refractivity contribution in [2.45, 2.75) is 39.3 Å². The van der Waals surface area contributed by atoms with Crippen molar-refractivity contribution in [3.05, 3.63) is 34.3 Å². The molecule has 0 aliphatic carbocycles. The van der Waals surface area contributed by atoms with Gasteiger partial charge in [0.25, 0.3) is 0 Å². The number of hydrogen-bond donors (Lipinski definition) is 1. The summed E-state index contributed by atoms with van der Waals surface area (Å²) in [7, 11) is 2.20. The first-order chi connectivity index (χ1) is 8.63. The van der Waals surface area contributed by atoms with Crippen molar-refractivity contribution in [3.8, 4) is 0 Å². The Morgan fingerprint density at radius 2 is 2.11 bits per heavy atom. The van der Waals surface area contributed by atoms with Gasteiger partial charge >= 0.3 is 0 Å². The summed E-state index contributed by atoms with van der Waals surface area (Å²) >= 11 is 3.52. The van der Waals surface area contributed by atoms with E-state index < -0.39 is 0 Å². The zero-order chi connectivity index (χ0) is 13.4. The first-order valence-electron chi connectivity index (χ1n) is 6.79. The molecule has 0 aromatic heterocycles. The molecule has 0 saturated heterocycles. The SMILES string of the molecule is CCCNCCC(C)N(C)Cc1cccc(Br)c1. The Labute approximate surface area is 120 Å². The van der Waals surface area contributed by atoms with Gasteiger partial charge in [-0.2, -0.15) is 0 Å². The molecule has 102 valence electrons. The Hall–Kier alpha value is -0.380. The highest BCUT2D eigenvalue weighted by Crippen LogP contribution is 2.14. The molecule has 0 saturated carbocycles. The third-order valence-corrected chi connectivity index (χ3v) is 3.73. The van der Waals surface area contributed by atoms with Crippen molar-refractivity contribution in [3.63, 3.8) is 0 Å². The fourth-order valence-electron chi connectivity index (χ4n) is 1.91. The number of halogens is 1. The smallest absolute Gasteiger partial charge is 0.0233 e. The molecule has 1 aromatic carbocycles. The minimum Gasteiger partial charge on any atom is -0.317 e. The normalized spacial score (nSPS) is 12.9. The van der Waals surface area contributed by atoms with Crippen LogP contribution in [0.15, 0.2) is 28.7 Å². The molecule has 1 atom stereocenters. The lowest BCUT2D eigenvalue weighted by Gasteiger charge is -2.25. The molecular formula is C15H25BrN2. The second kappa shape index (κ2) is 8.68. The van der Waals surface area contributed by atoms with Crippen LogP contribution in [-0.4, -0.2) is 31.1 Å². The van der Waals surface area contributed by atoms with E-state index in [1.165, 1.54) is 18.4 Å². The van der Waals surface area contributed by atoms with Crippen LogP contribution in [0.5, 0.6) is 0 Å². The van der Waals surface area contributed by atoms with Crippen LogP contribution in [0.1, 0.15) is 32.3 Å². The van der Waals surface area contributed by atoms with Gasteiger partial charge in [0.05, 0.1) is 0 Å². The predicted octanol–water partition coefficient (Wildman–Crippen LogP) is 3.66. The van der Waals surface area contributed by atoms with Crippen LogP contribution in [0, 0.1) is 0 Å². The Balaban J connectivity index is 2.33. The minimum absolute atomic E-state index is 0.605. The maximum Gasteiger partial charge on any atom is 0.0233 e. The van der Waals surface area contributed by atoms with E-state index in [4.69, 9.17) is 0 Å². The van der Waals surface area contributed by atoms with Gasteiger partial charge < -0.3 is 5.32 Å². The summed E-state index contributed by atoms with van der Waals surface area (Å²) in [4.78, 5) is 2.41. The molecule has 2 nitrogen and oxygen atoms in total. The maximum absolute atomic E-state index is 3.52. The van der Waals surface area contributed by atoms with Crippen molar-refractivity contribution in [1.29, 1.82) is 0 Å². The molecule has 0 amide bonds. The van der Waals surface area contributed by atoms with Gasteiger partial charge in [0, 0.05) is 17.1 Å². The van der Waals surface area contributed by atoms with Crippen LogP contribution in [0.25, 0.3) is 0 Å². The molecule has 0 aliphatic rings. The van der Waals surface area contributed by atoms with E-state index in [9.17, 15) is 0 Å². The highest BCUT2D eigenvalue weighted by molar-refractivity contribution is 9.10. The molecule has 1 N–H and O–H groups in total. The third-order valence-electron chi connectivity index (χ3n) is 3.24. The summed E-state index contributed by atoms with van der Waals surface area (Å²) in [6.07, 6.45) is 2.41. The van der Waals surface area contributed by atoms with E-state index in [0.29, 0.717) is 6.04 Å². The van der Waals surface area contributed by atoms with Gasteiger partial charge in [-0.05, 0) is 57.6 Å². The molecule has 1 rings (SSSR count). The first-order valence-corrected chi connectivity index (χ1v) is 7.58. The van der Waals surface area contributed by atoms with Crippen molar-refractivity contribution in [1.82, 2.24) is 10.2 Å². The molecule has 0 aliphatic heterocycles. The van der Waals surface area contributed by atoms with Crippen LogP contribution in [0.2, 0.25) is 0 Å².